The van der Waals surface area contributed by atoms with Gasteiger partial charge in [0.15, 0.2) is 0 Å². The molecule has 3 rings (SSSR count). The number of imide groups is 1. The van der Waals surface area contributed by atoms with Gasteiger partial charge in [-0.2, -0.15) is 0 Å². The van der Waals surface area contributed by atoms with Gasteiger partial charge in [-0.05, 0) is 49.2 Å². The Morgan fingerprint density at radius 2 is 1.62 bits per heavy atom. The molecule has 122 valence electrons. The molecule has 0 N–H and O–H groups in total. The second kappa shape index (κ2) is 6.46. The van der Waals surface area contributed by atoms with E-state index in [1.807, 2.05) is 44.2 Å². The SMILES string of the molecule is Cc1ccc(C2=C(Sc3ccc(Cl)cc3)C(=O)N(C)C2=O)c(C)c1. The predicted molar refractivity (Wildman–Crippen MR) is 97.9 cm³/mol. The van der Waals surface area contributed by atoms with Crippen LogP contribution >= 0.6 is 23.4 Å². The Bertz CT molecular complexity index is 871. The molecule has 5 heteroatoms. The number of amides is 2. The van der Waals surface area contributed by atoms with Gasteiger partial charge in [0.05, 0.1) is 10.5 Å². The van der Waals surface area contributed by atoms with Crippen LogP contribution in [-0.4, -0.2) is 23.8 Å². The van der Waals surface area contributed by atoms with E-state index < -0.39 is 0 Å². The minimum Gasteiger partial charge on any atom is -0.277 e. The summed E-state index contributed by atoms with van der Waals surface area (Å²) in [6, 6.07) is 13.1. The van der Waals surface area contributed by atoms with E-state index in [0.29, 0.717) is 15.5 Å². The van der Waals surface area contributed by atoms with E-state index in [2.05, 4.69) is 0 Å². The summed E-state index contributed by atoms with van der Waals surface area (Å²) < 4.78 is 0. The smallest absolute Gasteiger partial charge is 0.268 e. The van der Waals surface area contributed by atoms with E-state index in [1.165, 1.54) is 23.7 Å². The fourth-order valence-electron chi connectivity index (χ4n) is 2.66. The van der Waals surface area contributed by atoms with Gasteiger partial charge >= 0.3 is 0 Å². The molecule has 0 unspecified atom stereocenters. The van der Waals surface area contributed by atoms with Crippen LogP contribution in [0.1, 0.15) is 16.7 Å². The van der Waals surface area contributed by atoms with E-state index in [4.69, 9.17) is 11.6 Å². The molecular weight excluding hydrogens is 342 g/mol. The highest BCUT2D eigenvalue weighted by molar-refractivity contribution is 8.04. The van der Waals surface area contributed by atoms with Crippen LogP contribution in [-0.2, 0) is 9.59 Å². The third-order valence-electron chi connectivity index (χ3n) is 3.93. The molecule has 0 atom stereocenters. The Kier molecular flexibility index (Phi) is 4.52. The number of nitrogens with zero attached hydrogens (tertiary/aromatic N) is 1. The average molecular weight is 358 g/mol. The number of thioether (sulfide) groups is 1. The van der Waals surface area contributed by atoms with Crippen LogP contribution in [0.25, 0.3) is 5.57 Å². The van der Waals surface area contributed by atoms with Crippen LogP contribution < -0.4 is 0 Å². The number of hydrogen-bond acceptors (Lipinski definition) is 3. The average Bonchev–Trinajstić information content (AvgIpc) is 2.75. The van der Waals surface area contributed by atoms with Gasteiger partial charge in [0.2, 0.25) is 0 Å². The number of carbonyl (C=O) groups excluding carboxylic acids is 2. The van der Waals surface area contributed by atoms with Crippen LogP contribution in [0.3, 0.4) is 0 Å². The maximum absolute atomic E-state index is 12.6. The van der Waals surface area contributed by atoms with Crippen molar-refractivity contribution in [2.75, 3.05) is 7.05 Å². The van der Waals surface area contributed by atoms with Gasteiger partial charge in [-0.3, -0.25) is 14.5 Å². The molecule has 0 aromatic heterocycles. The van der Waals surface area contributed by atoms with Gasteiger partial charge < -0.3 is 0 Å². The zero-order valence-corrected chi connectivity index (χ0v) is 15.2. The van der Waals surface area contributed by atoms with E-state index >= 15 is 0 Å². The predicted octanol–water partition coefficient (Wildman–Crippen LogP) is 4.46. The highest BCUT2D eigenvalue weighted by Crippen LogP contribution is 2.40. The molecule has 0 saturated carbocycles. The van der Waals surface area contributed by atoms with Gasteiger partial charge in [-0.25, -0.2) is 0 Å². The van der Waals surface area contributed by atoms with Crippen LogP contribution in [0.5, 0.6) is 0 Å². The molecule has 2 aromatic rings. The highest BCUT2D eigenvalue weighted by atomic mass is 35.5. The first-order valence-corrected chi connectivity index (χ1v) is 8.65. The Morgan fingerprint density at radius 3 is 2.25 bits per heavy atom. The molecular formula is C19H16ClNO2S. The van der Waals surface area contributed by atoms with Crippen molar-refractivity contribution in [2.45, 2.75) is 18.7 Å². The fraction of sp³-hybridized carbons (Fsp3) is 0.158. The van der Waals surface area contributed by atoms with Crippen LogP contribution in [0, 0.1) is 13.8 Å². The van der Waals surface area contributed by atoms with E-state index in [9.17, 15) is 9.59 Å². The number of hydrogen-bond donors (Lipinski definition) is 0. The Hall–Kier alpha value is -2.04. The van der Waals surface area contributed by atoms with Crippen molar-refractivity contribution < 1.29 is 9.59 Å². The third-order valence-corrected chi connectivity index (χ3v) is 5.27. The van der Waals surface area contributed by atoms with E-state index in [1.54, 1.807) is 12.1 Å². The zero-order chi connectivity index (χ0) is 17.4. The van der Waals surface area contributed by atoms with E-state index in [-0.39, 0.29) is 11.8 Å². The van der Waals surface area contributed by atoms with Crippen LogP contribution in [0.15, 0.2) is 52.3 Å². The molecule has 0 bridgehead atoms. The summed E-state index contributed by atoms with van der Waals surface area (Å²) >= 11 is 7.21. The summed E-state index contributed by atoms with van der Waals surface area (Å²) in [5, 5.41) is 0.633. The number of likely N-dealkylation sites (N-methyl/N-ethyl adjacent to an activating group) is 1. The highest BCUT2D eigenvalue weighted by Gasteiger charge is 2.37. The summed E-state index contributed by atoms with van der Waals surface area (Å²) in [6.07, 6.45) is 0. The Morgan fingerprint density at radius 1 is 0.958 bits per heavy atom. The molecule has 3 nitrogen and oxygen atoms in total. The Labute approximate surface area is 150 Å². The van der Waals surface area contributed by atoms with Crippen molar-refractivity contribution in [1.29, 1.82) is 0 Å². The van der Waals surface area contributed by atoms with E-state index in [0.717, 1.165) is 21.6 Å². The molecule has 1 aliphatic heterocycles. The third kappa shape index (κ3) is 2.99. The van der Waals surface area contributed by atoms with Crippen molar-refractivity contribution in [3.63, 3.8) is 0 Å². The number of carbonyl (C=O) groups is 2. The fourth-order valence-corrected chi connectivity index (χ4v) is 3.82. The van der Waals surface area contributed by atoms with Crippen molar-refractivity contribution >= 4 is 40.8 Å². The first-order valence-electron chi connectivity index (χ1n) is 7.46. The van der Waals surface area contributed by atoms with Crippen molar-refractivity contribution in [1.82, 2.24) is 4.90 Å². The molecule has 0 fully saturated rings. The number of rotatable bonds is 3. The van der Waals surface area contributed by atoms with Gasteiger partial charge in [0.1, 0.15) is 0 Å². The molecule has 0 radical (unpaired) electrons. The van der Waals surface area contributed by atoms with Crippen molar-refractivity contribution in [3.05, 3.63) is 69.1 Å². The second-order valence-electron chi connectivity index (χ2n) is 5.75. The monoisotopic (exact) mass is 357 g/mol. The zero-order valence-electron chi connectivity index (χ0n) is 13.6. The Balaban J connectivity index is 2.11. The quantitative estimate of drug-likeness (QED) is 0.761. The summed E-state index contributed by atoms with van der Waals surface area (Å²) in [6.45, 7) is 3.96. The lowest BCUT2D eigenvalue weighted by atomic mass is 9.99. The molecule has 0 aliphatic carbocycles. The largest absolute Gasteiger partial charge is 0.277 e. The van der Waals surface area contributed by atoms with Crippen molar-refractivity contribution in [2.24, 2.45) is 0 Å². The second-order valence-corrected chi connectivity index (χ2v) is 7.27. The van der Waals surface area contributed by atoms with Crippen molar-refractivity contribution in [3.8, 4) is 0 Å². The summed E-state index contributed by atoms with van der Waals surface area (Å²) in [5.41, 5.74) is 3.38. The number of benzene rings is 2. The first-order chi connectivity index (χ1) is 11.4. The summed E-state index contributed by atoms with van der Waals surface area (Å²) in [5.74, 6) is -0.529. The maximum Gasteiger partial charge on any atom is 0.268 e. The standard InChI is InChI=1S/C19H16ClNO2S/c1-11-4-9-15(12(2)10-11)16-17(19(23)21(3)18(16)22)24-14-7-5-13(20)6-8-14/h4-10H,1-3H3. The lowest BCUT2D eigenvalue weighted by Crippen LogP contribution is -2.26. The molecule has 24 heavy (non-hydrogen) atoms. The molecule has 0 saturated heterocycles. The van der Waals surface area contributed by atoms with Crippen LogP contribution in [0.2, 0.25) is 5.02 Å². The lowest BCUT2D eigenvalue weighted by molar-refractivity contribution is -0.134. The molecule has 1 heterocycles. The van der Waals surface area contributed by atoms with Gasteiger partial charge in [0, 0.05) is 17.0 Å². The lowest BCUT2D eigenvalue weighted by Gasteiger charge is -2.09. The molecule has 2 aromatic carbocycles. The molecule has 2 amide bonds. The minimum atomic E-state index is -0.269. The van der Waals surface area contributed by atoms with Crippen LogP contribution in [0.4, 0.5) is 0 Å². The van der Waals surface area contributed by atoms with Gasteiger partial charge in [-0.15, -0.1) is 0 Å². The topological polar surface area (TPSA) is 37.4 Å². The van der Waals surface area contributed by atoms with Gasteiger partial charge in [-0.1, -0.05) is 47.1 Å². The molecule has 0 spiro atoms. The minimum absolute atomic E-state index is 0.261. The molecule has 1 aliphatic rings. The number of aryl methyl sites for hydroxylation is 2. The summed E-state index contributed by atoms with van der Waals surface area (Å²) in [4.78, 5) is 27.7. The maximum atomic E-state index is 12.6. The first kappa shape index (κ1) is 16.8. The number of halogens is 1. The van der Waals surface area contributed by atoms with Gasteiger partial charge in [0.25, 0.3) is 11.8 Å². The normalized spacial score (nSPS) is 14.8. The summed E-state index contributed by atoms with van der Waals surface area (Å²) in [7, 11) is 1.52.